The fourth-order valence-corrected chi connectivity index (χ4v) is 2.47. The second-order valence-corrected chi connectivity index (χ2v) is 5.76. The van der Waals surface area contributed by atoms with Gasteiger partial charge in [-0.1, -0.05) is 6.07 Å². The van der Waals surface area contributed by atoms with Gasteiger partial charge in [-0.25, -0.2) is 9.07 Å². The van der Waals surface area contributed by atoms with Crippen molar-refractivity contribution in [3.63, 3.8) is 0 Å². The van der Waals surface area contributed by atoms with E-state index in [1.807, 2.05) is 5.32 Å². The zero-order valence-electron chi connectivity index (χ0n) is 14.1. The number of amides is 1. The van der Waals surface area contributed by atoms with Crippen molar-refractivity contribution >= 4 is 11.7 Å². The van der Waals surface area contributed by atoms with Gasteiger partial charge in [-0.05, 0) is 18.2 Å². The Morgan fingerprint density at radius 2 is 1.83 bits per heavy atom. The summed E-state index contributed by atoms with van der Waals surface area (Å²) in [5.41, 5.74) is -2.66. The summed E-state index contributed by atoms with van der Waals surface area (Å²) in [6, 6.07) is 5.13. The number of hydrogen-bond acceptors (Lipinski definition) is 3. The van der Waals surface area contributed by atoms with Crippen molar-refractivity contribution in [3.05, 3.63) is 59.8 Å². The van der Waals surface area contributed by atoms with E-state index in [1.165, 1.54) is 6.07 Å². The third-order valence-electron chi connectivity index (χ3n) is 3.56. The Hall–Kier alpha value is -3.38. The van der Waals surface area contributed by atoms with Gasteiger partial charge in [-0.3, -0.25) is 9.48 Å². The molecule has 0 saturated carbocycles. The molecule has 0 spiro atoms. The van der Waals surface area contributed by atoms with Crippen LogP contribution in [-0.4, -0.2) is 31.6 Å². The summed E-state index contributed by atoms with van der Waals surface area (Å²) in [5, 5.41) is 8.93. The maximum atomic E-state index is 13.5. The lowest BCUT2D eigenvalue weighted by Gasteiger charge is -2.12. The molecule has 0 aliphatic rings. The van der Waals surface area contributed by atoms with Crippen LogP contribution in [0.15, 0.2) is 42.7 Å². The van der Waals surface area contributed by atoms with E-state index < -0.39 is 41.9 Å². The molecule has 1 amide bonds. The topological polar surface area (TPSA) is 64.7 Å². The summed E-state index contributed by atoms with van der Waals surface area (Å²) in [5.74, 6) is -2.49. The number of rotatable bonds is 4. The average molecular weight is 421 g/mol. The Morgan fingerprint density at radius 1 is 1.10 bits per heavy atom. The fourth-order valence-electron chi connectivity index (χ4n) is 2.47. The van der Waals surface area contributed by atoms with Crippen LogP contribution in [0.25, 0.3) is 5.69 Å². The second kappa shape index (κ2) is 7.22. The van der Waals surface area contributed by atoms with Gasteiger partial charge in [0.15, 0.2) is 11.5 Å². The maximum absolute atomic E-state index is 13.5. The van der Waals surface area contributed by atoms with Crippen molar-refractivity contribution in [3.8, 4) is 5.69 Å². The van der Waals surface area contributed by atoms with Crippen molar-refractivity contribution in [2.75, 3.05) is 5.32 Å². The molecule has 154 valence electrons. The third-order valence-corrected chi connectivity index (χ3v) is 3.56. The predicted octanol–water partition coefficient (Wildman–Crippen LogP) is 4.04. The van der Waals surface area contributed by atoms with Gasteiger partial charge >= 0.3 is 12.4 Å². The molecule has 0 fully saturated rings. The molecule has 0 bridgehead atoms. The van der Waals surface area contributed by atoms with Gasteiger partial charge in [-0.15, -0.1) is 0 Å². The highest BCUT2D eigenvalue weighted by molar-refractivity contribution is 6.04. The number of carbonyl (C=O) groups is 1. The van der Waals surface area contributed by atoms with E-state index >= 15 is 0 Å². The van der Waals surface area contributed by atoms with Crippen molar-refractivity contribution in [2.24, 2.45) is 0 Å². The van der Waals surface area contributed by atoms with E-state index in [-0.39, 0.29) is 11.5 Å². The molecular weight excluding hydrogens is 411 g/mol. The molecule has 3 aromatic rings. The zero-order valence-corrected chi connectivity index (χ0v) is 14.1. The highest BCUT2D eigenvalue weighted by atomic mass is 19.4. The van der Waals surface area contributed by atoms with Crippen LogP contribution >= 0.6 is 0 Å². The van der Waals surface area contributed by atoms with Gasteiger partial charge in [0.25, 0.3) is 5.91 Å². The van der Waals surface area contributed by atoms with Crippen LogP contribution in [0, 0.1) is 5.82 Å². The average Bonchev–Trinajstić information content (AvgIpc) is 3.19. The molecule has 0 aliphatic carbocycles. The van der Waals surface area contributed by atoms with E-state index in [4.69, 9.17) is 0 Å². The maximum Gasteiger partial charge on any atom is 0.434 e. The van der Waals surface area contributed by atoms with Gasteiger partial charge < -0.3 is 5.32 Å². The lowest BCUT2D eigenvalue weighted by atomic mass is 10.2. The normalized spacial score (nSPS) is 12.2. The molecule has 6 nitrogen and oxygen atoms in total. The minimum absolute atomic E-state index is 0.272. The first-order valence-corrected chi connectivity index (χ1v) is 7.77. The highest BCUT2D eigenvalue weighted by Crippen LogP contribution is 2.34. The number of nitrogens with one attached hydrogen (secondary N) is 1. The van der Waals surface area contributed by atoms with Crippen LogP contribution in [0.4, 0.5) is 36.6 Å². The number of anilines is 1. The summed E-state index contributed by atoms with van der Waals surface area (Å²) >= 11 is 0. The SMILES string of the molecule is O=C(Nc1ccn(CC(F)(F)F)n1)c1cnn(-c2cccc(F)c2)c1C(F)(F)F. The lowest BCUT2D eigenvalue weighted by molar-refractivity contribution is -0.143. The lowest BCUT2D eigenvalue weighted by Crippen LogP contribution is -2.21. The number of nitrogens with zero attached hydrogens (tertiary/aromatic N) is 4. The molecule has 0 saturated heterocycles. The summed E-state index contributed by atoms with van der Waals surface area (Å²) in [6.45, 7) is -1.44. The van der Waals surface area contributed by atoms with Crippen LogP contribution in [0.5, 0.6) is 0 Å². The van der Waals surface area contributed by atoms with Crippen LogP contribution in [0.3, 0.4) is 0 Å². The first kappa shape index (κ1) is 20.4. The van der Waals surface area contributed by atoms with Crippen LogP contribution in [-0.2, 0) is 12.7 Å². The molecule has 1 N–H and O–H groups in total. The van der Waals surface area contributed by atoms with Crippen molar-refractivity contribution in [2.45, 2.75) is 18.9 Å². The Kier molecular flexibility index (Phi) is 5.07. The Balaban J connectivity index is 1.92. The summed E-state index contributed by atoms with van der Waals surface area (Å²) in [7, 11) is 0. The number of benzene rings is 1. The molecule has 29 heavy (non-hydrogen) atoms. The summed E-state index contributed by atoms with van der Waals surface area (Å²) < 4.78 is 91.8. The van der Waals surface area contributed by atoms with Crippen LogP contribution < -0.4 is 5.32 Å². The fraction of sp³-hybridized carbons (Fsp3) is 0.188. The van der Waals surface area contributed by atoms with Gasteiger partial charge in [0.1, 0.15) is 12.4 Å². The first-order valence-electron chi connectivity index (χ1n) is 7.77. The van der Waals surface area contributed by atoms with E-state index in [0.29, 0.717) is 15.6 Å². The number of carbonyl (C=O) groups excluding carboxylic acids is 1. The monoisotopic (exact) mass is 421 g/mol. The minimum atomic E-state index is -5.04. The molecule has 1 aromatic carbocycles. The molecule has 0 radical (unpaired) electrons. The Bertz CT molecular complexity index is 1030. The van der Waals surface area contributed by atoms with E-state index in [2.05, 4.69) is 10.2 Å². The second-order valence-electron chi connectivity index (χ2n) is 5.76. The van der Waals surface area contributed by atoms with E-state index in [0.717, 1.165) is 30.5 Å². The molecule has 0 unspecified atom stereocenters. The first-order chi connectivity index (χ1) is 13.4. The Labute approximate surface area is 157 Å². The van der Waals surface area contributed by atoms with Crippen molar-refractivity contribution in [1.29, 1.82) is 0 Å². The molecule has 3 rings (SSSR count). The molecule has 13 heteroatoms. The third kappa shape index (κ3) is 4.73. The molecule has 0 atom stereocenters. The number of alkyl halides is 6. The standard InChI is InChI=1S/C16H10F7N5O/c17-9-2-1-3-10(6-9)28-13(16(21,22)23)11(7-24-28)14(29)25-12-4-5-27(26-12)8-15(18,19)20/h1-7H,8H2,(H,25,26,29). The quantitative estimate of drug-likeness (QED) is 0.647. The van der Waals surface area contributed by atoms with Gasteiger partial charge in [0.05, 0.1) is 17.4 Å². The zero-order chi connectivity index (χ0) is 21.4. The Morgan fingerprint density at radius 3 is 2.45 bits per heavy atom. The summed E-state index contributed by atoms with van der Waals surface area (Å²) in [4.78, 5) is 12.3. The predicted molar refractivity (Wildman–Crippen MR) is 84.8 cm³/mol. The number of hydrogen-bond donors (Lipinski definition) is 1. The van der Waals surface area contributed by atoms with Gasteiger partial charge in [0.2, 0.25) is 0 Å². The largest absolute Gasteiger partial charge is 0.434 e. The van der Waals surface area contributed by atoms with E-state index in [1.54, 1.807) is 0 Å². The van der Waals surface area contributed by atoms with Gasteiger partial charge in [-0.2, -0.15) is 36.5 Å². The summed E-state index contributed by atoms with van der Waals surface area (Å²) in [6.07, 6.45) is -8.08. The molecule has 0 aliphatic heterocycles. The smallest absolute Gasteiger partial charge is 0.305 e. The number of halogens is 7. The molecular formula is C16H10F7N5O. The molecule has 2 heterocycles. The van der Waals surface area contributed by atoms with Crippen molar-refractivity contribution in [1.82, 2.24) is 19.6 Å². The van der Waals surface area contributed by atoms with E-state index in [9.17, 15) is 35.5 Å². The van der Waals surface area contributed by atoms with Gasteiger partial charge in [0, 0.05) is 12.3 Å². The van der Waals surface area contributed by atoms with Crippen LogP contribution in [0.1, 0.15) is 16.1 Å². The van der Waals surface area contributed by atoms with Crippen molar-refractivity contribution < 1.29 is 35.5 Å². The number of aromatic nitrogens is 4. The minimum Gasteiger partial charge on any atom is -0.305 e. The molecule has 2 aromatic heterocycles. The van der Waals surface area contributed by atoms with Crippen LogP contribution in [0.2, 0.25) is 0 Å². The highest BCUT2D eigenvalue weighted by Gasteiger charge is 2.40.